The van der Waals surface area contributed by atoms with E-state index < -0.39 is 0 Å². The fraction of sp³-hybridized carbons (Fsp3) is 0.357. The van der Waals surface area contributed by atoms with Crippen molar-refractivity contribution in [2.75, 3.05) is 0 Å². The van der Waals surface area contributed by atoms with E-state index in [0.29, 0.717) is 6.61 Å². The summed E-state index contributed by atoms with van der Waals surface area (Å²) in [5, 5.41) is 4.48. The fourth-order valence-corrected chi connectivity index (χ4v) is 2.54. The van der Waals surface area contributed by atoms with Crippen molar-refractivity contribution >= 4 is 15.9 Å². The molecular weight excluding hydrogens is 311 g/mol. The third kappa shape index (κ3) is 2.97. The van der Waals surface area contributed by atoms with Crippen molar-refractivity contribution in [3.8, 4) is 5.75 Å². The molecular formula is C14H16BrFN2O. The van der Waals surface area contributed by atoms with Gasteiger partial charge in [0, 0.05) is 6.54 Å². The lowest BCUT2D eigenvalue weighted by atomic mass is 10.3. The van der Waals surface area contributed by atoms with Crippen molar-refractivity contribution in [1.29, 1.82) is 0 Å². The Balaban J connectivity index is 2.20. The average Bonchev–Trinajstić information content (AvgIpc) is 2.74. The van der Waals surface area contributed by atoms with E-state index >= 15 is 0 Å². The van der Waals surface area contributed by atoms with Crippen LogP contribution >= 0.6 is 15.9 Å². The van der Waals surface area contributed by atoms with Crippen LogP contribution in [0.3, 0.4) is 0 Å². The van der Waals surface area contributed by atoms with Crippen LogP contribution < -0.4 is 4.74 Å². The summed E-state index contributed by atoms with van der Waals surface area (Å²) in [7, 11) is 0. The van der Waals surface area contributed by atoms with Crippen molar-refractivity contribution in [3.63, 3.8) is 0 Å². The number of aryl methyl sites for hydroxylation is 2. The highest BCUT2D eigenvalue weighted by Crippen LogP contribution is 2.24. The monoisotopic (exact) mass is 326 g/mol. The fourth-order valence-electron chi connectivity index (χ4n) is 1.86. The zero-order chi connectivity index (χ0) is 13.8. The first kappa shape index (κ1) is 14.1. The minimum Gasteiger partial charge on any atom is -0.484 e. The van der Waals surface area contributed by atoms with E-state index in [-0.39, 0.29) is 11.6 Å². The summed E-state index contributed by atoms with van der Waals surface area (Å²) in [5.41, 5.74) is 1.93. The first-order valence-corrected chi connectivity index (χ1v) is 7.08. The lowest BCUT2D eigenvalue weighted by Crippen LogP contribution is -2.07. The maximum Gasteiger partial charge on any atom is 0.165 e. The van der Waals surface area contributed by atoms with Gasteiger partial charge < -0.3 is 4.74 Å². The summed E-state index contributed by atoms with van der Waals surface area (Å²) in [6, 6.07) is 6.40. The molecule has 1 aromatic heterocycles. The van der Waals surface area contributed by atoms with Crippen molar-refractivity contribution < 1.29 is 9.13 Å². The lowest BCUT2D eigenvalue weighted by molar-refractivity contribution is 0.277. The third-order valence-corrected chi connectivity index (χ3v) is 3.81. The quantitative estimate of drug-likeness (QED) is 0.831. The molecule has 0 atom stereocenters. The molecule has 0 saturated carbocycles. The molecule has 0 spiro atoms. The number of rotatable bonds is 5. The van der Waals surface area contributed by atoms with Gasteiger partial charge in [-0.25, -0.2) is 4.39 Å². The first-order chi connectivity index (χ1) is 9.17. The Hall–Kier alpha value is -1.36. The molecule has 0 saturated heterocycles. The average molecular weight is 327 g/mol. The number of nitrogens with zero attached hydrogens (tertiary/aromatic N) is 2. The second-order valence-electron chi connectivity index (χ2n) is 4.10. The number of aromatic nitrogens is 2. The standard InChI is InChI=1S/C14H16BrFN2O/c1-3-11-14(15)12(18(4-2)17-11)9-19-13-8-6-5-7-10(13)16/h5-8H,3-4,9H2,1-2H3. The van der Waals surface area contributed by atoms with Crippen molar-refractivity contribution in [1.82, 2.24) is 9.78 Å². The minimum absolute atomic E-state index is 0.260. The van der Waals surface area contributed by atoms with E-state index in [4.69, 9.17) is 4.74 Å². The van der Waals surface area contributed by atoms with E-state index in [9.17, 15) is 4.39 Å². The van der Waals surface area contributed by atoms with Crippen LogP contribution in [-0.4, -0.2) is 9.78 Å². The van der Waals surface area contributed by atoms with Crippen LogP contribution in [0.25, 0.3) is 0 Å². The third-order valence-electron chi connectivity index (χ3n) is 2.90. The molecule has 2 rings (SSSR count). The highest BCUT2D eigenvalue weighted by Gasteiger charge is 2.14. The van der Waals surface area contributed by atoms with Crippen LogP contribution in [0.4, 0.5) is 4.39 Å². The van der Waals surface area contributed by atoms with Gasteiger partial charge in [-0.3, -0.25) is 4.68 Å². The molecule has 0 aliphatic carbocycles. The van der Waals surface area contributed by atoms with Crippen molar-refractivity contribution in [2.45, 2.75) is 33.4 Å². The molecule has 0 bridgehead atoms. The van der Waals surface area contributed by atoms with Crippen LogP contribution in [-0.2, 0) is 19.6 Å². The number of ether oxygens (including phenoxy) is 1. The summed E-state index contributed by atoms with van der Waals surface area (Å²) in [6.45, 7) is 5.12. The molecule has 19 heavy (non-hydrogen) atoms. The number of hydrogen-bond acceptors (Lipinski definition) is 2. The van der Waals surface area contributed by atoms with E-state index in [0.717, 1.165) is 28.8 Å². The number of para-hydroxylation sites is 1. The molecule has 2 aromatic rings. The SMILES string of the molecule is CCc1nn(CC)c(COc2ccccc2F)c1Br. The maximum absolute atomic E-state index is 13.5. The Morgan fingerprint density at radius 3 is 2.68 bits per heavy atom. The molecule has 102 valence electrons. The molecule has 5 heteroatoms. The number of hydrogen-bond donors (Lipinski definition) is 0. The van der Waals surface area contributed by atoms with Gasteiger partial charge in [0.1, 0.15) is 6.61 Å². The van der Waals surface area contributed by atoms with Gasteiger partial charge in [-0.1, -0.05) is 19.1 Å². The van der Waals surface area contributed by atoms with Crippen LogP contribution in [0.5, 0.6) is 5.75 Å². The van der Waals surface area contributed by atoms with Crippen LogP contribution in [0.2, 0.25) is 0 Å². The predicted octanol–water partition coefficient (Wildman–Crippen LogP) is 3.95. The highest BCUT2D eigenvalue weighted by molar-refractivity contribution is 9.10. The van der Waals surface area contributed by atoms with Crippen LogP contribution in [0.1, 0.15) is 25.2 Å². The molecule has 0 amide bonds. The van der Waals surface area contributed by atoms with E-state index in [2.05, 4.69) is 28.0 Å². The number of halogens is 2. The molecule has 0 radical (unpaired) electrons. The largest absolute Gasteiger partial charge is 0.484 e. The summed E-state index contributed by atoms with van der Waals surface area (Å²) in [5.74, 6) is -0.0896. The predicted molar refractivity (Wildman–Crippen MR) is 75.7 cm³/mol. The van der Waals surface area contributed by atoms with Gasteiger partial charge in [-0.15, -0.1) is 0 Å². The zero-order valence-corrected chi connectivity index (χ0v) is 12.6. The highest BCUT2D eigenvalue weighted by atomic mass is 79.9. The minimum atomic E-state index is -0.350. The topological polar surface area (TPSA) is 27.1 Å². The Labute approximate surface area is 120 Å². The van der Waals surface area contributed by atoms with Gasteiger partial charge in [-0.2, -0.15) is 5.10 Å². The van der Waals surface area contributed by atoms with Crippen molar-refractivity contribution in [3.05, 3.63) is 45.9 Å². The summed E-state index contributed by atoms with van der Waals surface area (Å²) in [6.07, 6.45) is 0.848. The molecule has 0 aliphatic rings. The Morgan fingerprint density at radius 1 is 1.32 bits per heavy atom. The summed E-state index contributed by atoms with van der Waals surface area (Å²) < 4.78 is 21.9. The van der Waals surface area contributed by atoms with Crippen molar-refractivity contribution in [2.24, 2.45) is 0 Å². The maximum atomic E-state index is 13.5. The summed E-state index contributed by atoms with van der Waals surface area (Å²) in [4.78, 5) is 0. The second-order valence-corrected chi connectivity index (χ2v) is 4.89. The van der Waals surface area contributed by atoms with Gasteiger partial charge in [0.05, 0.1) is 15.9 Å². The lowest BCUT2D eigenvalue weighted by Gasteiger charge is -2.09. The molecule has 0 fully saturated rings. The molecule has 0 N–H and O–H groups in total. The Morgan fingerprint density at radius 2 is 2.05 bits per heavy atom. The van der Waals surface area contributed by atoms with Gasteiger partial charge in [-0.05, 0) is 41.4 Å². The van der Waals surface area contributed by atoms with Crippen LogP contribution in [0.15, 0.2) is 28.7 Å². The molecule has 1 aromatic carbocycles. The van der Waals surface area contributed by atoms with Gasteiger partial charge in [0.2, 0.25) is 0 Å². The van der Waals surface area contributed by atoms with Gasteiger partial charge >= 0.3 is 0 Å². The van der Waals surface area contributed by atoms with E-state index in [1.54, 1.807) is 18.2 Å². The second kappa shape index (κ2) is 6.19. The van der Waals surface area contributed by atoms with E-state index in [1.807, 2.05) is 11.6 Å². The molecule has 0 aliphatic heterocycles. The summed E-state index contributed by atoms with van der Waals surface area (Å²) >= 11 is 3.54. The zero-order valence-electron chi connectivity index (χ0n) is 11.0. The molecule has 3 nitrogen and oxygen atoms in total. The first-order valence-electron chi connectivity index (χ1n) is 6.28. The van der Waals surface area contributed by atoms with Gasteiger partial charge in [0.25, 0.3) is 0 Å². The van der Waals surface area contributed by atoms with Crippen LogP contribution in [0, 0.1) is 5.82 Å². The smallest absolute Gasteiger partial charge is 0.165 e. The van der Waals surface area contributed by atoms with Gasteiger partial charge in [0.15, 0.2) is 11.6 Å². The normalized spacial score (nSPS) is 10.7. The molecule has 0 unspecified atom stereocenters. The van der Waals surface area contributed by atoms with E-state index in [1.165, 1.54) is 6.07 Å². The molecule has 1 heterocycles. The Bertz CT molecular complexity index is 569. The Kier molecular flexibility index (Phi) is 4.58. The number of benzene rings is 1.